The fraction of sp³-hybridized carbons (Fsp3) is 0.714. The summed E-state index contributed by atoms with van der Waals surface area (Å²) in [5.74, 6) is 0. The molecule has 0 aromatic carbocycles. The predicted octanol–water partition coefficient (Wildman–Crippen LogP) is 1.32. The van der Waals surface area contributed by atoms with E-state index in [0.717, 1.165) is 24.4 Å². The van der Waals surface area contributed by atoms with Gasteiger partial charge >= 0.3 is 0 Å². The fourth-order valence-corrected chi connectivity index (χ4v) is 6.33. The van der Waals surface area contributed by atoms with Gasteiger partial charge in [0.1, 0.15) is 0 Å². The molecular weight excluding hydrogens is 306 g/mol. The third-order valence-electron chi connectivity index (χ3n) is 4.47. The Balaban J connectivity index is 1.82. The maximum Gasteiger partial charge on any atom is 0.244 e. The molecule has 21 heavy (non-hydrogen) atoms. The van der Waals surface area contributed by atoms with Crippen LogP contribution in [0, 0.1) is 0 Å². The molecule has 3 heterocycles. The quantitative estimate of drug-likeness (QED) is 0.905. The number of nitrogens with one attached hydrogen (secondary N) is 1. The normalized spacial score (nSPS) is 27.9. The lowest BCUT2D eigenvalue weighted by Crippen LogP contribution is -2.56. The van der Waals surface area contributed by atoms with E-state index < -0.39 is 10.0 Å². The number of sulfonamides is 1. The van der Waals surface area contributed by atoms with Gasteiger partial charge in [-0.15, -0.1) is 11.3 Å². The van der Waals surface area contributed by atoms with Crippen molar-refractivity contribution in [1.82, 2.24) is 14.5 Å². The van der Waals surface area contributed by atoms with Crippen LogP contribution < -0.4 is 5.32 Å². The third-order valence-corrected chi connectivity index (χ3v) is 7.51. The summed E-state index contributed by atoms with van der Waals surface area (Å²) >= 11 is 1.51. The van der Waals surface area contributed by atoms with E-state index in [1.54, 1.807) is 9.69 Å². The fourth-order valence-electron chi connectivity index (χ4n) is 3.39. The Morgan fingerprint density at radius 2 is 2.24 bits per heavy atom. The average Bonchev–Trinajstić information content (AvgIpc) is 3.06. The van der Waals surface area contributed by atoms with Gasteiger partial charge in [-0.1, -0.05) is 0 Å². The van der Waals surface area contributed by atoms with E-state index in [1.807, 2.05) is 20.0 Å². The SMILES string of the molecule is CNCc1cc(S(=O)(=O)N2CC3CCCN3CC2C)cs1. The molecule has 2 atom stereocenters. The molecule has 2 aliphatic heterocycles. The summed E-state index contributed by atoms with van der Waals surface area (Å²) < 4.78 is 27.5. The van der Waals surface area contributed by atoms with Crippen LogP contribution in [0.1, 0.15) is 24.6 Å². The monoisotopic (exact) mass is 329 g/mol. The molecular formula is C14H23N3O2S2. The van der Waals surface area contributed by atoms with Gasteiger partial charge in [-0.25, -0.2) is 8.42 Å². The molecule has 7 heteroatoms. The van der Waals surface area contributed by atoms with Gasteiger partial charge in [0.05, 0.1) is 4.90 Å². The summed E-state index contributed by atoms with van der Waals surface area (Å²) in [6, 6.07) is 2.27. The van der Waals surface area contributed by atoms with Crippen molar-refractivity contribution in [2.45, 2.75) is 43.3 Å². The van der Waals surface area contributed by atoms with Crippen LogP contribution >= 0.6 is 11.3 Å². The molecule has 2 unspecified atom stereocenters. The van der Waals surface area contributed by atoms with Crippen molar-refractivity contribution in [1.29, 1.82) is 0 Å². The summed E-state index contributed by atoms with van der Waals surface area (Å²) in [4.78, 5) is 3.95. The van der Waals surface area contributed by atoms with Gasteiger partial charge in [0.25, 0.3) is 0 Å². The first-order chi connectivity index (χ1) is 10.0. The second-order valence-electron chi connectivity index (χ2n) is 5.99. The number of thiophene rings is 1. The van der Waals surface area contributed by atoms with Crippen LogP contribution in [-0.4, -0.2) is 56.4 Å². The van der Waals surface area contributed by atoms with Crippen molar-refractivity contribution in [3.05, 3.63) is 16.3 Å². The molecule has 2 aliphatic rings. The van der Waals surface area contributed by atoms with Crippen molar-refractivity contribution in [2.24, 2.45) is 0 Å². The molecule has 0 radical (unpaired) electrons. The maximum absolute atomic E-state index is 12.9. The molecule has 0 amide bonds. The predicted molar refractivity (Wildman–Crippen MR) is 85.0 cm³/mol. The summed E-state index contributed by atoms with van der Waals surface area (Å²) in [6.45, 7) is 5.35. The first-order valence-corrected chi connectivity index (χ1v) is 9.82. The zero-order valence-electron chi connectivity index (χ0n) is 12.6. The third kappa shape index (κ3) is 2.90. The highest BCUT2D eigenvalue weighted by Crippen LogP contribution is 2.30. The molecule has 0 spiro atoms. The second-order valence-corrected chi connectivity index (χ2v) is 8.88. The molecule has 5 nitrogen and oxygen atoms in total. The van der Waals surface area contributed by atoms with Gasteiger partial charge in [-0.2, -0.15) is 4.31 Å². The van der Waals surface area contributed by atoms with Crippen LogP contribution in [0.4, 0.5) is 0 Å². The smallest absolute Gasteiger partial charge is 0.244 e. The number of nitrogens with zero attached hydrogens (tertiary/aromatic N) is 2. The number of rotatable bonds is 4. The second kappa shape index (κ2) is 5.96. The molecule has 3 rings (SSSR count). The van der Waals surface area contributed by atoms with Crippen molar-refractivity contribution in [3.8, 4) is 0 Å². The van der Waals surface area contributed by atoms with Crippen molar-refractivity contribution >= 4 is 21.4 Å². The number of hydrogen-bond donors (Lipinski definition) is 1. The zero-order chi connectivity index (χ0) is 15.0. The number of piperazine rings is 1. The Hall–Kier alpha value is -0.470. The molecule has 1 aromatic heterocycles. The molecule has 1 aromatic rings. The van der Waals surface area contributed by atoms with Gasteiger partial charge in [-0.05, 0) is 39.4 Å². The standard InChI is InChI=1S/C14H23N3O2S2/c1-11-8-16-5-3-4-12(16)9-17(11)21(18,19)14-6-13(7-15-2)20-10-14/h6,10-12,15H,3-5,7-9H2,1-2H3. The Kier molecular flexibility index (Phi) is 4.38. The summed E-state index contributed by atoms with van der Waals surface area (Å²) in [7, 11) is -1.49. The molecule has 0 aliphatic carbocycles. The summed E-state index contributed by atoms with van der Waals surface area (Å²) in [5.41, 5.74) is 0. The molecule has 0 bridgehead atoms. The Morgan fingerprint density at radius 1 is 1.43 bits per heavy atom. The minimum Gasteiger partial charge on any atom is -0.315 e. The number of fused-ring (bicyclic) bond motifs is 1. The van der Waals surface area contributed by atoms with E-state index in [0.29, 0.717) is 24.0 Å². The molecule has 1 N–H and O–H groups in total. The van der Waals surface area contributed by atoms with Gasteiger partial charge < -0.3 is 5.32 Å². The molecule has 0 saturated carbocycles. The average molecular weight is 329 g/mol. The van der Waals surface area contributed by atoms with Crippen LogP contribution in [0.2, 0.25) is 0 Å². The van der Waals surface area contributed by atoms with Gasteiger partial charge in [-0.3, -0.25) is 4.90 Å². The minimum absolute atomic E-state index is 0.0528. The van der Waals surface area contributed by atoms with Crippen molar-refractivity contribution in [3.63, 3.8) is 0 Å². The van der Waals surface area contributed by atoms with Gasteiger partial charge in [0, 0.05) is 42.0 Å². The lowest BCUT2D eigenvalue weighted by molar-refractivity contribution is 0.117. The van der Waals surface area contributed by atoms with Gasteiger partial charge in [0.2, 0.25) is 10.0 Å². The van der Waals surface area contributed by atoms with Crippen LogP contribution in [-0.2, 0) is 16.6 Å². The zero-order valence-corrected chi connectivity index (χ0v) is 14.2. The van der Waals surface area contributed by atoms with Crippen molar-refractivity contribution < 1.29 is 8.42 Å². The van der Waals surface area contributed by atoms with Crippen molar-refractivity contribution in [2.75, 3.05) is 26.7 Å². The first-order valence-electron chi connectivity index (χ1n) is 7.50. The molecule has 118 valence electrons. The first kappa shape index (κ1) is 15.4. The summed E-state index contributed by atoms with van der Waals surface area (Å²) in [5, 5.41) is 4.84. The number of hydrogen-bond acceptors (Lipinski definition) is 5. The van der Waals surface area contributed by atoms with E-state index in [1.165, 1.54) is 17.8 Å². The molecule has 2 saturated heterocycles. The highest BCUT2D eigenvalue weighted by Gasteiger charge is 2.40. The van der Waals surface area contributed by atoms with E-state index in [4.69, 9.17) is 0 Å². The maximum atomic E-state index is 12.9. The van der Waals surface area contributed by atoms with E-state index in [9.17, 15) is 8.42 Å². The van der Waals surface area contributed by atoms with E-state index in [-0.39, 0.29) is 6.04 Å². The Bertz CT molecular complexity index is 599. The van der Waals surface area contributed by atoms with E-state index >= 15 is 0 Å². The van der Waals surface area contributed by atoms with Gasteiger partial charge in [0.15, 0.2) is 0 Å². The van der Waals surface area contributed by atoms with Crippen LogP contribution in [0.25, 0.3) is 0 Å². The topological polar surface area (TPSA) is 52.7 Å². The summed E-state index contributed by atoms with van der Waals surface area (Å²) in [6.07, 6.45) is 2.31. The highest BCUT2D eigenvalue weighted by molar-refractivity contribution is 7.89. The Morgan fingerprint density at radius 3 is 3.00 bits per heavy atom. The lowest BCUT2D eigenvalue weighted by Gasteiger charge is -2.41. The lowest BCUT2D eigenvalue weighted by atomic mass is 10.1. The van der Waals surface area contributed by atoms with E-state index in [2.05, 4.69) is 10.2 Å². The highest BCUT2D eigenvalue weighted by atomic mass is 32.2. The Labute approximate surface area is 131 Å². The van der Waals surface area contributed by atoms with Crippen LogP contribution in [0.5, 0.6) is 0 Å². The van der Waals surface area contributed by atoms with Crippen LogP contribution in [0.15, 0.2) is 16.3 Å². The van der Waals surface area contributed by atoms with Crippen LogP contribution in [0.3, 0.4) is 0 Å². The minimum atomic E-state index is -3.36. The largest absolute Gasteiger partial charge is 0.315 e. The molecule has 2 fully saturated rings.